The highest BCUT2D eigenvalue weighted by atomic mass is 35.5. The number of aryl methyl sites for hydroxylation is 2. The first-order valence-corrected chi connectivity index (χ1v) is 18.6. The summed E-state index contributed by atoms with van der Waals surface area (Å²) >= 11 is 5.98. The van der Waals surface area contributed by atoms with Crippen LogP contribution < -0.4 is 20.4 Å². The van der Waals surface area contributed by atoms with Gasteiger partial charge < -0.3 is 20.4 Å². The van der Waals surface area contributed by atoms with Gasteiger partial charge in [-0.3, -0.25) is 4.57 Å². The Bertz CT molecular complexity index is 2500. The molecular formula is C41H42ClF4N11. The molecule has 2 aliphatic rings. The molecule has 6 heterocycles. The molecule has 57 heavy (non-hydrogen) atoms. The van der Waals surface area contributed by atoms with Gasteiger partial charge in [0, 0.05) is 80.1 Å². The first kappa shape index (κ1) is 39.4. The molecule has 6 aromatic rings. The lowest BCUT2D eigenvalue weighted by molar-refractivity contribution is 0.556. The Morgan fingerprint density at radius 1 is 0.702 bits per heavy atom. The van der Waals surface area contributed by atoms with Crippen molar-refractivity contribution in [2.45, 2.75) is 58.8 Å². The molecule has 4 aromatic heterocycles. The van der Waals surface area contributed by atoms with Crippen LogP contribution >= 0.6 is 11.6 Å². The van der Waals surface area contributed by atoms with Crippen LogP contribution in [0.4, 0.5) is 52.2 Å². The van der Waals surface area contributed by atoms with E-state index < -0.39 is 23.3 Å². The molecule has 0 unspecified atom stereocenters. The lowest BCUT2D eigenvalue weighted by atomic mass is 9.88. The van der Waals surface area contributed by atoms with Crippen LogP contribution in [-0.4, -0.2) is 61.7 Å². The van der Waals surface area contributed by atoms with E-state index in [2.05, 4.69) is 50.5 Å². The van der Waals surface area contributed by atoms with Crippen LogP contribution in [-0.2, 0) is 17.3 Å². The smallest absolute Gasteiger partial charge is 0.226 e. The Balaban J connectivity index is 0.000000194. The molecule has 0 fully saturated rings. The van der Waals surface area contributed by atoms with Crippen molar-refractivity contribution < 1.29 is 17.6 Å². The van der Waals surface area contributed by atoms with E-state index in [0.717, 1.165) is 45.9 Å². The zero-order valence-corrected chi connectivity index (χ0v) is 33.6. The predicted molar refractivity (Wildman–Crippen MR) is 215 cm³/mol. The number of hydrogen-bond donors (Lipinski definition) is 2. The minimum atomic E-state index is -0.635. The standard InChI is InChI=1S/C26H27F2N7.C15H15ClF2N4/c1-15-8-17(11-30-24(15)34-12-16(2)31-14-34)9-21-32-23(29-5)22-25(33-21)35(13-26(22,3)4)20-7-6-18(27)10-19(20)28;1-15(2)7-22(10-5-4-8(17)6-9(10)18)13-11(15)12(19-3)20-14(16)21-13/h6-8,10-12,14H,9,13H2,1-5H3,(H,29,32,33);4-6H,7H2,1-3H3,(H,19,20,21). The fourth-order valence-corrected chi connectivity index (χ4v) is 7.77. The Kier molecular flexibility index (Phi) is 10.3. The third-order valence-electron chi connectivity index (χ3n) is 10.1. The van der Waals surface area contributed by atoms with E-state index >= 15 is 0 Å². The molecule has 0 atom stereocenters. The average Bonchev–Trinajstić information content (AvgIpc) is 3.78. The number of benzene rings is 2. The van der Waals surface area contributed by atoms with Crippen LogP contribution in [0.1, 0.15) is 61.5 Å². The molecule has 11 nitrogen and oxygen atoms in total. The SMILES string of the molecule is CNc1nc(Cc2cnc(-n3cnc(C)c3)c(C)c2)nc2c1C(C)(C)CN2c1ccc(F)cc1F.CNc1nc(Cl)nc2c1C(C)(C)CN2c1ccc(F)cc1F. The molecule has 0 saturated heterocycles. The van der Waals surface area contributed by atoms with E-state index in [4.69, 9.17) is 21.6 Å². The minimum Gasteiger partial charge on any atom is -0.373 e. The number of anilines is 6. The Morgan fingerprint density at radius 2 is 1.25 bits per heavy atom. The summed E-state index contributed by atoms with van der Waals surface area (Å²) in [7, 11) is 3.56. The predicted octanol–water partition coefficient (Wildman–Crippen LogP) is 8.89. The van der Waals surface area contributed by atoms with Gasteiger partial charge in [-0.2, -0.15) is 4.98 Å². The van der Waals surface area contributed by atoms with Gasteiger partial charge in [-0.05, 0) is 60.8 Å². The van der Waals surface area contributed by atoms with Crippen molar-refractivity contribution in [2.24, 2.45) is 0 Å². The second kappa shape index (κ2) is 14.9. The number of imidazole rings is 1. The Hall–Kier alpha value is -5.83. The first-order valence-electron chi connectivity index (χ1n) is 18.3. The lowest BCUT2D eigenvalue weighted by Crippen LogP contribution is -2.26. The fourth-order valence-electron chi connectivity index (χ4n) is 7.60. The first-order chi connectivity index (χ1) is 27.0. The van der Waals surface area contributed by atoms with E-state index in [9.17, 15) is 17.6 Å². The van der Waals surface area contributed by atoms with Gasteiger partial charge in [0.05, 0.1) is 17.1 Å². The highest BCUT2D eigenvalue weighted by molar-refractivity contribution is 6.28. The van der Waals surface area contributed by atoms with Gasteiger partial charge in [0.2, 0.25) is 5.28 Å². The number of halogens is 5. The number of fused-ring (bicyclic) bond motifs is 2. The maximum absolute atomic E-state index is 14.7. The average molecular weight is 800 g/mol. The third kappa shape index (κ3) is 7.55. The molecule has 0 aliphatic carbocycles. The molecule has 0 amide bonds. The summed E-state index contributed by atoms with van der Waals surface area (Å²) in [5, 5.41) is 6.27. The van der Waals surface area contributed by atoms with Crippen molar-refractivity contribution in [3.63, 3.8) is 0 Å². The fraction of sp³-hybridized carbons (Fsp3) is 0.317. The zero-order chi connectivity index (χ0) is 41.0. The number of pyridine rings is 1. The largest absolute Gasteiger partial charge is 0.373 e. The molecule has 0 spiro atoms. The number of rotatable bonds is 7. The van der Waals surface area contributed by atoms with Gasteiger partial charge in [-0.1, -0.05) is 33.8 Å². The second-order valence-corrected chi connectivity index (χ2v) is 15.8. The minimum absolute atomic E-state index is 0.0771. The summed E-state index contributed by atoms with van der Waals surface area (Å²) in [5.41, 5.74) is 4.58. The Labute approximate surface area is 333 Å². The summed E-state index contributed by atoms with van der Waals surface area (Å²) in [6.45, 7) is 13.1. The van der Waals surface area contributed by atoms with Gasteiger partial charge in [-0.15, -0.1) is 0 Å². The molecule has 0 bridgehead atoms. The van der Waals surface area contributed by atoms with E-state index in [1.807, 2.05) is 56.6 Å². The van der Waals surface area contributed by atoms with Crippen molar-refractivity contribution in [3.8, 4) is 5.82 Å². The maximum Gasteiger partial charge on any atom is 0.226 e. The van der Waals surface area contributed by atoms with E-state index in [0.29, 0.717) is 54.3 Å². The number of hydrogen-bond acceptors (Lipinski definition) is 10. The number of nitrogens with one attached hydrogen (secondary N) is 2. The second-order valence-electron chi connectivity index (χ2n) is 15.4. The summed E-state index contributed by atoms with van der Waals surface area (Å²) in [4.78, 5) is 30.5. The quantitative estimate of drug-likeness (QED) is 0.120. The van der Waals surface area contributed by atoms with Crippen LogP contribution in [0, 0.1) is 37.1 Å². The van der Waals surface area contributed by atoms with Crippen molar-refractivity contribution in [1.29, 1.82) is 0 Å². The molecule has 8 rings (SSSR count). The molecule has 2 aromatic carbocycles. The molecule has 0 radical (unpaired) electrons. The van der Waals surface area contributed by atoms with Crippen LogP contribution in [0.3, 0.4) is 0 Å². The van der Waals surface area contributed by atoms with Gasteiger partial charge in [-0.25, -0.2) is 42.5 Å². The van der Waals surface area contributed by atoms with Crippen LogP contribution in [0.15, 0.2) is 61.2 Å². The number of aromatic nitrogens is 7. The normalized spacial score (nSPS) is 14.9. The summed E-state index contributed by atoms with van der Waals surface area (Å²) in [6.07, 6.45) is 5.95. The van der Waals surface area contributed by atoms with E-state index in [1.54, 1.807) is 18.3 Å². The van der Waals surface area contributed by atoms with Crippen molar-refractivity contribution in [1.82, 2.24) is 34.5 Å². The van der Waals surface area contributed by atoms with E-state index in [-0.39, 0.29) is 21.8 Å². The van der Waals surface area contributed by atoms with Gasteiger partial charge in [0.25, 0.3) is 0 Å². The number of nitrogens with zero attached hydrogens (tertiary/aromatic N) is 9. The van der Waals surface area contributed by atoms with Crippen molar-refractivity contribution >= 4 is 46.2 Å². The summed E-state index contributed by atoms with van der Waals surface area (Å²) < 4.78 is 57.5. The summed E-state index contributed by atoms with van der Waals surface area (Å²) in [5.74, 6) is 1.42. The lowest BCUT2D eigenvalue weighted by Gasteiger charge is -2.22. The monoisotopic (exact) mass is 799 g/mol. The van der Waals surface area contributed by atoms with Crippen LogP contribution in [0.25, 0.3) is 5.82 Å². The highest BCUT2D eigenvalue weighted by Crippen LogP contribution is 2.48. The molecule has 2 aliphatic heterocycles. The van der Waals surface area contributed by atoms with E-state index in [1.165, 1.54) is 24.3 Å². The molecule has 0 saturated carbocycles. The third-order valence-corrected chi connectivity index (χ3v) is 10.2. The molecule has 296 valence electrons. The maximum atomic E-state index is 14.7. The van der Waals surface area contributed by atoms with Crippen LogP contribution in [0.5, 0.6) is 0 Å². The van der Waals surface area contributed by atoms with Crippen molar-refractivity contribution in [3.05, 3.63) is 124 Å². The topological polar surface area (TPSA) is 113 Å². The molecule has 16 heteroatoms. The van der Waals surface area contributed by atoms with Gasteiger partial charge in [0.1, 0.15) is 64.5 Å². The molecule has 2 N–H and O–H groups in total. The van der Waals surface area contributed by atoms with Gasteiger partial charge in [0.15, 0.2) is 0 Å². The van der Waals surface area contributed by atoms with Gasteiger partial charge >= 0.3 is 0 Å². The Morgan fingerprint density at radius 3 is 1.74 bits per heavy atom. The zero-order valence-electron chi connectivity index (χ0n) is 32.8. The van der Waals surface area contributed by atoms with Crippen LogP contribution in [0.2, 0.25) is 5.28 Å². The highest BCUT2D eigenvalue weighted by Gasteiger charge is 2.42. The molecular weight excluding hydrogens is 758 g/mol. The summed E-state index contributed by atoms with van der Waals surface area (Å²) in [6, 6.07) is 9.19. The van der Waals surface area contributed by atoms with Crippen molar-refractivity contribution in [2.75, 3.05) is 47.6 Å².